The Balaban J connectivity index is 1.35. The molecule has 3 N–H and O–H groups in total. The molecule has 192 valence electrons. The molecule has 1 aromatic carbocycles. The van der Waals surface area contributed by atoms with Crippen LogP contribution in [0.25, 0.3) is 21.6 Å². The molecule has 37 heavy (non-hydrogen) atoms. The van der Waals surface area contributed by atoms with Gasteiger partial charge < -0.3 is 15.0 Å². The molecule has 1 aliphatic heterocycles. The number of aromatic nitrogens is 4. The van der Waals surface area contributed by atoms with Crippen molar-refractivity contribution in [2.75, 3.05) is 36.9 Å². The number of thiazole rings is 1. The van der Waals surface area contributed by atoms with Crippen molar-refractivity contribution in [1.82, 2.24) is 25.1 Å². The molecule has 0 radical (unpaired) electrons. The maximum absolute atomic E-state index is 13.9. The minimum atomic E-state index is -4.70. The van der Waals surface area contributed by atoms with E-state index in [1.807, 2.05) is 0 Å². The van der Waals surface area contributed by atoms with Crippen LogP contribution in [0.5, 0.6) is 0 Å². The van der Waals surface area contributed by atoms with E-state index in [2.05, 4.69) is 30.8 Å². The molecule has 3 aromatic heterocycles. The van der Waals surface area contributed by atoms with Crippen molar-refractivity contribution in [2.45, 2.75) is 6.18 Å². The SMILES string of the molecule is O=C(Nc1ncc(-c2cc(C(=O)N3CCOCC3)c3cn[nH]c3n2)s1)Nc1cc(C(F)(F)F)ccc1F. The molecule has 5 rings (SSSR count). The predicted molar refractivity (Wildman–Crippen MR) is 126 cm³/mol. The van der Waals surface area contributed by atoms with Gasteiger partial charge >= 0.3 is 12.2 Å². The molecule has 3 amide bonds. The minimum absolute atomic E-state index is 0.0763. The Bertz CT molecular complexity index is 1480. The predicted octanol–water partition coefficient (Wildman–Crippen LogP) is 4.36. The van der Waals surface area contributed by atoms with Crippen LogP contribution in [-0.4, -0.2) is 63.3 Å². The van der Waals surface area contributed by atoms with Crippen LogP contribution in [0.15, 0.2) is 36.7 Å². The Hall–Kier alpha value is -4.11. The lowest BCUT2D eigenvalue weighted by atomic mass is 10.1. The summed E-state index contributed by atoms with van der Waals surface area (Å²) in [6.07, 6.45) is -1.77. The van der Waals surface area contributed by atoms with Gasteiger partial charge in [0.15, 0.2) is 10.8 Å². The number of rotatable bonds is 4. The number of hydrogen-bond donors (Lipinski definition) is 3. The molecule has 10 nitrogen and oxygen atoms in total. The molecule has 15 heteroatoms. The average Bonchev–Trinajstić information content (AvgIpc) is 3.54. The molecule has 1 aliphatic rings. The lowest BCUT2D eigenvalue weighted by Crippen LogP contribution is -2.40. The van der Waals surface area contributed by atoms with Gasteiger partial charge in [-0.2, -0.15) is 18.3 Å². The first-order chi connectivity index (χ1) is 17.7. The average molecular weight is 535 g/mol. The summed E-state index contributed by atoms with van der Waals surface area (Å²) < 4.78 is 58.0. The topological polar surface area (TPSA) is 125 Å². The molecule has 0 aliphatic carbocycles. The van der Waals surface area contributed by atoms with E-state index in [1.165, 1.54) is 12.4 Å². The molecule has 0 atom stereocenters. The zero-order valence-corrected chi connectivity index (χ0v) is 19.5. The van der Waals surface area contributed by atoms with Crippen LogP contribution in [0.1, 0.15) is 15.9 Å². The zero-order chi connectivity index (χ0) is 26.2. The fourth-order valence-corrected chi connectivity index (χ4v) is 4.44. The van der Waals surface area contributed by atoms with Crippen LogP contribution in [0.4, 0.5) is 33.2 Å². The van der Waals surface area contributed by atoms with Gasteiger partial charge in [0, 0.05) is 19.3 Å². The lowest BCUT2D eigenvalue weighted by molar-refractivity contribution is -0.137. The van der Waals surface area contributed by atoms with Gasteiger partial charge in [0.25, 0.3) is 5.91 Å². The summed E-state index contributed by atoms with van der Waals surface area (Å²) >= 11 is 1.01. The summed E-state index contributed by atoms with van der Waals surface area (Å²) in [6, 6.07) is 2.31. The van der Waals surface area contributed by atoms with Gasteiger partial charge in [-0.3, -0.25) is 15.2 Å². The maximum Gasteiger partial charge on any atom is 0.416 e. The highest BCUT2D eigenvalue weighted by Gasteiger charge is 2.31. The summed E-state index contributed by atoms with van der Waals surface area (Å²) in [7, 11) is 0. The summed E-state index contributed by atoms with van der Waals surface area (Å²) in [5.41, 5.74) is -0.584. The second-order valence-electron chi connectivity index (χ2n) is 7.89. The molecule has 1 fully saturated rings. The number of aromatic amines is 1. The number of benzene rings is 1. The van der Waals surface area contributed by atoms with Crippen LogP contribution < -0.4 is 10.6 Å². The third-order valence-electron chi connectivity index (χ3n) is 5.47. The van der Waals surface area contributed by atoms with Gasteiger partial charge in [-0.05, 0) is 24.3 Å². The van der Waals surface area contributed by atoms with Crippen molar-refractivity contribution >= 4 is 45.1 Å². The Kier molecular flexibility index (Phi) is 6.47. The number of fused-ring (bicyclic) bond motifs is 1. The summed E-state index contributed by atoms with van der Waals surface area (Å²) in [4.78, 5) is 36.2. The van der Waals surface area contributed by atoms with Crippen LogP contribution in [0.3, 0.4) is 0 Å². The van der Waals surface area contributed by atoms with Crippen molar-refractivity contribution in [3.8, 4) is 10.6 Å². The standard InChI is InChI=1S/C22H17F4N7O3S/c23-14-2-1-11(22(24,25)26)7-15(14)30-20(35)31-21-27-10-17(37-21)16-8-12(13-9-28-32-18(13)29-16)19(34)33-3-5-36-6-4-33/h1-2,7-10H,3-6H2,(H,28,29,32)(H2,27,30,31,35). The smallest absolute Gasteiger partial charge is 0.378 e. The number of hydrogen-bond acceptors (Lipinski definition) is 7. The van der Waals surface area contributed by atoms with E-state index in [0.717, 1.165) is 11.3 Å². The van der Waals surface area contributed by atoms with Crippen LogP contribution >= 0.6 is 11.3 Å². The van der Waals surface area contributed by atoms with Crippen LogP contribution in [-0.2, 0) is 10.9 Å². The largest absolute Gasteiger partial charge is 0.416 e. The Morgan fingerprint density at radius 2 is 1.89 bits per heavy atom. The van der Waals surface area contributed by atoms with Crippen molar-refractivity contribution in [2.24, 2.45) is 0 Å². The maximum atomic E-state index is 13.9. The number of carbonyl (C=O) groups excluding carboxylic acids is 2. The number of pyridine rings is 1. The highest BCUT2D eigenvalue weighted by molar-refractivity contribution is 7.19. The molecule has 0 unspecified atom stereocenters. The third kappa shape index (κ3) is 5.22. The quantitative estimate of drug-likeness (QED) is 0.334. The summed E-state index contributed by atoms with van der Waals surface area (Å²) in [5.74, 6) is -1.23. The number of amides is 3. The van der Waals surface area contributed by atoms with E-state index in [0.29, 0.717) is 71.7 Å². The number of halogens is 4. The van der Waals surface area contributed by atoms with E-state index < -0.39 is 29.3 Å². The fraction of sp³-hybridized carbons (Fsp3) is 0.227. The van der Waals surface area contributed by atoms with Crippen LogP contribution in [0, 0.1) is 5.82 Å². The summed E-state index contributed by atoms with van der Waals surface area (Å²) in [6.45, 7) is 1.78. The molecule has 0 saturated carbocycles. The van der Waals surface area contributed by atoms with Gasteiger partial charge in [0.1, 0.15) is 5.82 Å². The number of carbonyl (C=O) groups is 2. The first kappa shape index (κ1) is 24.6. The van der Waals surface area contributed by atoms with E-state index in [4.69, 9.17) is 4.74 Å². The van der Waals surface area contributed by atoms with Gasteiger partial charge in [0.05, 0.1) is 52.2 Å². The Morgan fingerprint density at radius 1 is 1.11 bits per heavy atom. The van der Waals surface area contributed by atoms with Gasteiger partial charge in [-0.1, -0.05) is 11.3 Å². The molecule has 0 spiro atoms. The minimum Gasteiger partial charge on any atom is -0.378 e. The molecular weight excluding hydrogens is 518 g/mol. The van der Waals surface area contributed by atoms with Crippen molar-refractivity contribution in [3.63, 3.8) is 0 Å². The number of nitrogens with one attached hydrogen (secondary N) is 3. The Morgan fingerprint density at radius 3 is 2.65 bits per heavy atom. The van der Waals surface area contributed by atoms with E-state index >= 15 is 0 Å². The summed E-state index contributed by atoms with van der Waals surface area (Å²) in [5, 5.41) is 11.8. The third-order valence-corrected chi connectivity index (χ3v) is 6.41. The number of ether oxygens (including phenoxy) is 1. The highest BCUT2D eigenvalue weighted by atomic mass is 32.1. The second-order valence-corrected chi connectivity index (χ2v) is 8.92. The molecule has 4 aromatic rings. The monoisotopic (exact) mass is 535 g/mol. The fourth-order valence-electron chi connectivity index (χ4n) is 3.67. The van der Waals surface area contributed by atoms with Gasteiger partial charge in [-0.25, -0.2) is 19.2 Å². The number of urea groups is 1. The van der Waals surface area contributed by atoms with Gasteiger partial charge in [0.2, 0.25) is 0 Å². The normalized spacial score (nSPS) is 14.1. The molecule has 1 saturated heterocycles. The van der Waals surface area contributed by atoms with Crippen molar-refractivity contribution in [1.29, 1.82) is 0 Å². The number of morpholine rings is 1. The van der Waals surface area contributed by atoms with Gasteiger partial charge in [-0.15, -0.1) is 0 Å². The first-order valence-electron chi connectivity index (χ1n) is 10.8. The number of nitrogens with zero attached hydrogens (tertiary/aromatic N) is 4. The zero-order valence-electron chi connectivity index (χ0n) is 18.7. The molecular formula is C22H17F4N7O3S. The lowest BCUT2D eigenvalue weighted by Gasteiger charge is -2.27. The first-order valence-corrected chi connectivity index (χ1v) is 11.6. The number of H-pyrrole nitrogens is 1. The number of alkyl halides is 3. The number of anilines is 2. The van der Waals surface area contributed by atoms with E-state index in [-0.39, 0.29) is 11.0 Å². The van der Waals surface area contributed by atoms with Crippen molar-refractivity contribution < 1.29 is 31.9 Å². The molecule has 0 bridgehead atoms. The Labute approximate surface area is 209 Å². The van der Waals surface area contributed by atoms with E-state index in [1.54, 1.807) is 11.0 Å². The highest BCUT2D eigenvalue weighted by Crippen LogP contribution is 2.33. The second kappa shape index (κ2) is 9.74. The van der Waals surface area contributed by atoms with E-state index in [9.17, 15) is 27.2 Å². The van der Waals surface area contributed by atoms with Crippen LogP contribution in [0.2, 0.25) is 0 Å². The van der Waals surface area contributed by atoms with Crippen molar-refractivity contribution in [3.05, 3.63) is 53.6 Å². The molecule has 4 heterocycles.